The number of aromatic nitrogens is 3. The van der Waals surface area contributed by atoms with Crippen molar-refractivity contribution in [2.24, 2.45) is 0 Å². The Hall–Kier alpha value is -2.10. The Balaban J connectivity index is 2.43. The average Bonchev–Trinajstić information content (AvgIpc) is 2.88. The van der Waals surface area contributed by atoms with Crippen molar-refractivity contribution in [2.45, 2.75) is 21.7 Å². The van der Waals surface area contributed by atoms with Crippen LogP contribution in [0.4, 0.5) is 0 Å². The van der Waals surface area contributed by atoms with Crippen molar-refractivity contribution in [1.82, 2.24) is 14.6 Å². The minimum absolute atomic E-state index is 0.0449. The third-order valence-electron chi connectivity index (χ3n) is 3.22. The Morgan fingerprint density at radius 3 is 2.52 bits per heavy atom. The van der Waals surface area contributed by atoms with Crippen LogP contribution in [0.15, 0.2) is 51.2 Å². The van der Waals surface area contributed by atoms with E-state index in [2.05, 4.69) is 10.1 Å². The first-order chi connectivity index (χ1) is 10.8. The third-order valence-corrected chi connectivity index (χ3v) is 5.99. The summed E-state index contributed by atoms with van der Waals surface area (Å²) in [6, 6.07) is 9.12. The van der Waals surface area contributed by atoms with Crippen LogP contribution in [0, 0.1) is 6.92 Å². The fourth-order valence-corrected chi connectivity index (χ4v) is 4.85. The smallest absolute Gasteiger partial charge is 0.284 e. The topological polar surface area (TPSA) is 108 Å². The van der Waals surface area contributed by atoms with Gasteiger partial charge in [-0.25, -0.2) is 13.4 Å². The predicted molar refractivity (Wildman–Crippen MR) is 83.6 cm³/mol. The second-order valence-corrected chi connectivity index (χ2v) is 8.08. The molecule has 0 aliphatic heterocycles. The molecule has 3 rings (SSSR count). The van der Waals surface area contributed by atoms with Crippen molar-refractivity contribution >= 4 is 26.7 Å². The van der Waals surface area contributed by atoms with E-state index in [1.807, 2.05) is 0 Å². The van der Waals surface area contributed by atoms with E-state index >= 15 is 0 Å². The first kappa shape index (κ1) is 15.8. The largest absolute Gasteiger partial charge is 0.610 e. The fourth-order valence-electron chi connectivity index (χ4n) is 2.22. The highest BCUT2D eigenvalue weighted by atomic mass is 32.2. The van der Waals surface area contributed by atoms with E-state index in [9.17, 15) is 18.1 Å². The molecular formula is C14H13N3O4S2. The van der Waals surface area contributed by atoms with Crippen LogP contribution in [0.5, 0.6) is 5.88 Å². The molecule has 0 spiro atoms. The number of aromatic hydroxyl groups is 1. The number of fused-ring (bicyclic) bond motifs is 1. The molecule has 0 fully saturated rings. The van der Waals surface area contributed by atoms with Gasteiger partial charge >= 0.3 is 0 Å². The van der Waals surface area contributed by atoms with Crippen LogP contribution in [0.2, 0.25) is 0 Å². The molecule has 0 saturated carbocycles. The molecule has 0 radical (unpaired) electrons. The van der Waals surface area contributed by atoms with Crippen LogP contribution in [0.1, 0.15) is 5.69 Å². The Morgan fingerprint density at radius 2 is 1.91 bits per heavy atom. The second-order valence-electron chi connectivity index (χ2n) is 4.90. The highest BCUT2D eigenvalue weighted by Gasteiger charge is 2.34. The number of sulfone groups is 1. The average molecular weight is 351 g/mol. The third kappa shape index (κ3) is 2.56. The molecule has 9 heteroatoms. The second kappa shape index (κ2) is 5.52. The Kier molecular flexibility index (Phi) is 3.78. The van der Waals surface area contributed by atoms with Gasteiger partial charge in [0.2, 0.25) is 15.7 Å². The van der Waals surface area contributed by atoms with E-state index in [1.54, 1.807) is 25.1 Å². The van der Waals surface area contributed by atoms with Crippen LogP contribution < -0.4 is 0 Å². The summed E-state index contributed by atoms with van der Waals surface area (Å²) in [7, 11) is -3.98. The zero-order valence-corrected chi connectivity index (χ0v) is 13.9. The lowest BCUT2D eigenvalue weighted by Gasteiger charge is -2.06. The van der Waals surface area contributed by atoms with E-state index in [0.717, 1.165) is 4.52 Å². The summed E-state index contributed by atoms with van der Waals surface area (Å²) in [5.74, 6) is -0.270. The number of rotatable bonds is 3. The lowest BCUT2D eigenvalue weighted by Crippen LogP contribution is -2.08. The van der Waals surface area contributed by atoms with Gasteiger partial charge in [-0.05, 0) is 19.1 Å². The van der Waals surface area contributed by atoms with E-state index in [0.29, 0.717) is 5.69 Å². The monoisotopic (exact) mass is 351 g/mol. The fraction of sp³-hybridized carbons (Fsp3) is 0.143. The molecule has 120 valence electrons. The zero-order chi connectivity index (χ0) is 16.8. The van der Waals surface area contributed by atoms with E-state index in [4.69, 9.17) is 0 Å². The van der Waals surface area contributed by atoms with Gasteiger partial charge in [0.05, 0.1) is 4.90 Å². The molecule has 23 heavy (non-hydrogen) atoms. The number of hydrogen-bond acceptors (Lipinski definition) is 6. The zero-order valence-electron chi connectivity index (χ0n) is 12.3. The molecular weight excluding hydrogens is 338 g/mol. The van der Waals surface area contributed by atoms with Crippen molar-refractivity contribution in [3.8, 4) is 5.88 Å². The molecule has 1 unspecified atom stereocenters. The maximum Gasteiger partial charge on any atom is 0.284 e. The minimum Gasteiger partial charge on any atom is -0.610 e. The Labute approximate surface area is 135 Å². The van der Waals surface area contributed by atoms with Crippen LogP contribution in [-0.2, 0) is 21.0 Å². The Morgan fingerprint density at radius 1 is 1.26 bits per heavy atom. The van der Waals surface area contributed by atoms with Gasteiger partial charge in [0.25, 0.3) is 5.03 Å². The summed E-state index contributed by atoms with van der Waals surface area (Å²) in [5, 5.41) is 13.8. The quantitative estimate of drug-likeness (QED) is 0.713. The molecule has 1 aromatic carbocycles. The minimum atomic E-state index is -3.98. The Bertz CT molecular complexity index is 982. The molecule has 0 bridgehead atoms. The molecule has 0 aliphatic rings. The maximum atomic E-state index is 12.9. The van der Waals surface area contributed by atoms with Crippen LogP contribution in [0.3, 0.4) is 0 Å². The normalized spacial score (nSPS) is 13.3. The number of hydrogen-bond donors (Lipinski definition) is 1. The van der Waals surface area contributed by atoms with Crippen molar-refractivity contribution < 1.29 is 18.1 Å². The van der Waals surface area contributed by atoms with E-state index in [-0.39, 0.29) is 26.3 Å². The molecule has 0 aliphatic carbocycles. The standard InChI is InChI=1S/C14H13N3O4S2/c1-9-8-11(18)17-13(15-9)12(14(16-17)22(2)19)23(20,21)10-6-4-3-5-7-10/h3-8,18H,1-2H3. The van der Waals surface area contributed by atoms with Gasteiger partial charge in [-0.1, -0.05) is 18.2 Å². The summed E-state index contributed by atoms with van der Waals surface area (Å²) >= 11 is -1.67. The lowest BCUT2D eigenvalue weighted by atomic mass is 10.4. The molecule has 0 amide bonds. The summed E-state index contributed by atoms with van der Waals surface area (Å²) in [6.45, 7) is 1.62. The molecule has 1 N–H and O–H groups in total. The van der Waals surface area contributed by atoms with Gasteiger partial charge in [-0.15, -0.1) is 5.10 Å². The molecule has 2 aromatic heterocycles. The van der Waals surface area contributed by atoms with Crippen molar-refractivity contribution in [2.75, 3.05) is 6.26 Å². The summed E-state index contributed by atoms with van der Waals surface area (Å²) in [5.41, 5.74) is 0.379. The highest BCUT2D eigenvalue weighted by molar-refractivity contribution is 7.94. The van der Waals surface area contributed by atoms with Gasteiger partial charge in [0.1, 0.15) is 6.26 Å². The molecule has 2 heterocycles. The number of aryl methyl sites for hydroxylation is 1. The maximum absolute atomic E-state index is 12.9. The van der Waals surface area contributed by atoms with E-state index < -0.39 is 21.0 Å². The highest BCUT2D eigenvalue weighted by Crippen LogP contribution is 2.31. The van der Waals surface area contributed by atoms with Crippen molar-refractivity contribution in [3.05, 3.63) is 42.1 Å². The van der Waals surface area contributed by atoms with Crippen molar-refractivity contribution in [1.29, 1.82) is 0 Å². The SMILES string of the molecule is Cc1cc(O)n2nc([S+](C)[O-])c(S(=O)(=O)c3ccccc3)c2n1. The number of nitrogens with zero attached hydrogens (tertiary/aromatic N) is 3. The van der Waals surface area contributed by atoms with Gasteiger partial charge in [-0.2, -0.15) is 4.52 Å². The summed E-state index contributed by atoms with van der Waals surface area (Å²) in [4.78, 5) is 3.96. The molecule has 0 saturated heterocycles. The first-order valence-electron chi connectivity index (χ1n) is 6.55. The van der Waals surface area contributed by atoms with Gasteiger partial charge in [0, 0.05) is 22.9 Å². The van der Waals surface area contributed by atoms with Crippen LogP contribution in [0.25, 0.3) is 5.65 Å². The van der Waals surface area contributed by atoms with Gasteiger partial charge in [0.15, 0.2) is 10.5 Å². The molecule has 3 aromatic rings. The number of benzene rings is 1. The van der Waals surface area contributed by atoms with Gasteiger partial charge in [-0.3, -0.25) is 0 Å². The summed E-state index contributed by atoms with van der Waals surface area (Å²) in [6.07, 6.45) is 1.33. The molecule has 7 nitrogen and oxygen atoms in total. The van der Waals surface area contributed by atoms with Crippen LogP contribution >= 0.6 is 0 Å². The first-order valence-corrected chi connectivity index (χ1v) is 9.59. The van der Waals surface area contributed by atoms with E-state index in [1.165, 1.54) is 24.5 Å². The van der Waals surface area contributed by atoms with Crippen molar-refractivity contribution in [3.63, 3.8) is 0 Å². The summed E-state index contributed by atoms with van der Waals surface area (Å²) < 4.78 is 38.9. The van der Waals surface area contributed by atoms with Gasteiger partial charge < -0.3 is 9.66 Å². The lowest BCUT2D eigenvalue weighted by molar-refractivity contribution is 0.432. The molecule has 1 atom stereocenters. The predicted octanol–water partition coefficient (Wildman–Crippen LogP) is 1.31. The van der Waals surface area contributed by atoms with Crippen LogP contribution in [-0.4, -0.2) is 38.9 Å².